The zero-order valence-corrected chi connectivity index (χ0v) is 22.0. The van der Waals surface area contributed by atoms with Crippen LogP contribution in [0.3, 0.4) is 0 Å². The fraction of sp³-hybridized carbons (Fsp3) is 0.538. The summed E-state index contributed by atoms with van der Waals surface area (Å²) in [5, 5.41) is 0. The van der Waals surface area contributed by atoms with E-state index in [4.69, 9.17) is 28.4 Å². The van der Waals surface area contributed by atoms with E-state index in [-0.39, 0.29) is 25.2 Å². The Morgan fingerprint density at radius 2 is 0.639 bits per heavy atom. The second-order valence-electron chi connectivity index (χ2n) is 7.60. The highest BCUT2D eigenvalue weighted by Gasteiger charge is 2.05. The maximum atomic E-state index is 11.0. The summed E-state index contributed by atoms with van der Waals surface area (Å²) < 4.78 is 29.7. The van der Waals surface area contributed by atoms with Crippen molar-refractivity contribution in [3.8, 4) is 0 Å². The van der Waals surface area contributed by atoms with Crippen LogP contribution in [0.5, 0.6) is 0 Å². The number of hydrogen-bond donors (Lipinski definition) is 0. The molecule has 0 radical (unpaired) electrons. The summed E-state index contributed by atoms with van der Waals surface area (Å²) in [6.45, 7) is 22.5. The summed E-state index contributed by atoms with van der Waals surface area (Å²) in [7, 11) is 0. The minimum absolute atomic E-state index is 0.182. The zero-order chi connectivity index (χ0) is 27.9. The Morgan fingerprint density at radius 3 is 0.889 bits per heavy atom. The lowest BCUT2D eigenvalue weighted by molar-refractivity contribution is -0.142. The molecule has 0 bridgehead atoms. The molecule has 0 aliphatic heterocycles. The topological polar surface area (TPSA) is 124 Å². The van der Waals surface area contributed by atoms with Crippen LogP contribution in [0.1, 0.15) is 40.5 Å². The second-order valence-corrected chi connectivity index (χ2v) is 7.60. The van der Waals surface area contributed by atoms with Crippen LogP contribution in [0, 0.1) is 0 Å². The fourth-order valence-corrected chi connectivity index (χ4v) is 1.74. The lowest BCUT2D eigenvalue weighted by atomic mass is 10.3. The molecule has 10 nitrogen and oxygen atoms in total. The average Bonchev–Trinajstić information content (AvgIpc) is 2.81. The molecule has 0 fully saturated rings. The van der Waals surface area contributed by atoms with Gasteiger partial charge in [0.05, 0.1) is 39.6 Å². The molecule has 0 aliphatic rings. The summed E-state index contributed by atoms with van der Waals surface area (Å²) in [6, 6.07) is 0. The molecule has 0 rings (SSSR count). The number of unbranched alkanes of at least 4 members (excludes halogenated alkanes) is 1. The molecule has 0 amide bonds. The summed E-state index contributed by atoms with van der Waals surface area (Å²) >= 11 is 0. The predicted octanol–water partition coefficient (Wildman–Crippen LogP) is 3.26. The average molecular weight is 513 g/mol. The second kappa shape index (κ2) is 22.2. The molecule has 0 heterocycles. The van der Waals surface area contributed by atoms with E-state index < -0.39 is 11.9 Å². The molecule has 0 N–H and O–H groups in total. The van der Waals surface area contributed by atoms with Crippen LogP contribution < -0.4 is 0 Å². The Labute approximate surface area is 213 Å². The van der Waals surface area contributed by atoms with E-state index in [1.54, 1.807) is 27.7 Å². The first-order valence-corrected chi connectivity index (χ1v) is 11.4. The van der Waals surface area contributed by atoms with Gasteiger partial charge in [-0.3, -0.25) is 0 Å². The van der Waals surface area contributed by atoms with E-state index >= 15 is 0 Å². The molecule has 0 aliphatic carbocycles. The van der Waals surface area contributed by atoms with Crippen molar-refractivity contribution in [3.05, 3.63) is 48.6 Å². The summed E-state index contributed by atoms with van der Waals surface area (Å²) in [5.41, 5.74) is 1.48. The van der Waals surface area contributed by atoms with Crippen molar-refractivity contribution >= 4 is 23.9 Å². The minimum atomic E-state index is -0.427. The van der Waals surface area contributed by atoms with Crippen molar-refractivity contribution in [2.45, 2.75) is 40.5 Å². The Bertz CT molecular complexity index is 703. The Morgan fingerprint density at radius 1 is 0.417 bits per heavy atom. The van der Waals surface area contributed by atoms with Crippen molar-refractivity contribution in [2.24, 2.45) is 0 Å². The molecule has 0 saturated carbocycles. The SMILES string of the molecule is C=C(C)C(=O)OCCCCOC(=O)C(=C)C.C=C(C)C(=O)OCCOCCOCCOC(=O)C(=C)C. The monoisotopic (exact) mass is 512 g/mol. The van der Waals surface area contributed by atoms with E-state index in [2.05, 4.69) is 26.3 Å². The van der Waals surface area contributed by atoms with Gasteiger partial charge in [0.2, 0.25) is 0 Å². The molecule has 0 saturated heterocycles. The zero-order valence-electron chi connectivity index (χ0n) is 22.0. The van der Waals surface area contributed by atoms with E-state index in [0.717, 1.165) is 0 Å². The van der Waals surface area contributed by atoms with Crippen molar-refractivity contribution in [2.75, 3.05) is 52.9 Å². The number of ether oxygens (including phenoxy) is 6. The van der Waals surface area contributed by atoms with E-state index in [1.807, 2.05) is 0 Å². The van der Waals surface area contributed by atoms with Gasteiger partial charge in [-0.2, -0.15) is 0 Å². The van der Waals surface area contributed by atoms with Crippen LogP contribution in [-0.2, 0) is 47.6 Å². The number of carbonyl (C=O) groups is 4. The van der Waals surface area contributed by atoms with E-state index in [1.165, 1.54) is 0 Å². The summed E-state index contributed by atoms with van der Waals surface area (Å²) in [5.74, 6) is -1.63. The molecule has 0 atom stereocenters. The van der Waals surface area contributed by atoms with Gasteiger partial charge in [0.25, 0.3) is 0 Å². The van der Waals surface area contributed by atoms with Gasteiger partial charge in [0.1, 0.15) is 13.2 Å². The molecule has 0 aromatic rings. The first-order valence-electron chi connectivity index (χ1n) is 11.4. The van der Waals surface area contributed by atoms with Gasteiger partial charge in [-0.05, 0) is 40.5 Å². The number of carbonyl (C=O) groups excluding carboxylic acids is 4. The van der Waals surface area contributed by atoms with Crippen LogP contribution in [0.15, 0.2) is 48.6 Å². The molecular weight excluding hydrogens is 472 g/mol. The molecule has 0 unspecified atom stereocenters. The first-order chi connectivity index (χ1) is 16.9. The van der Waals surface area contributed by atoms with Crippen LogP contribution in [0.4, 0.5) is 0 Å². The summed E-state index contributed by atoms with van der Waals surface area (Å²) in [6.07, 6.45) is 1.31. The highest BCUT2D eigenvalue weighted by atomic mass is 16.6. The third kappa shape index (κ3) is 22.5. The van der Waals surface area contributed by atoms with Crippen molar-refractivity contribution in [1.29, 1.82) is 0 Å². The van der Waals surface area contributed by atoms with Gasteiger partial charge >= 0.3 is 23.9 Å². The molecule has 36 heavy (non-hydrogen) atoms. The van der Waals surface area contributed by atoms with Crippen LogP contribution in [0.2, 0.25) is 0 Å². The smallest absolute Gasteiger partial charge is 0.333 e. The number of rotatable bonds is 18. The minimum Gasteiger partial charge on any atom is -0.462 e. The molecule has 0 aromatic carbocycles. The highest BCUT2D eigenvalue weighted by molar-refractivity contribution is 5.88. The Hall–Kier alpha value is -3.24. The molecule has 0 aromatic heterocycles. The lowest BCUT2D eigenvalue weighted by Crippen LogP contribution is -2.15. The first kappa shape index (κ1) is 34.9. The van der Waals surface area contributed by atoms with Crippen LogP contribution in [0.25, 0.3) is 0 Å². The van der Waals surface area contributed by atoms with E-state index in [9.17, 15) is 19.2 Å². The Balaban J connectivity index is 0. The van der Waals surface area contributed by atoms with Crippen molar-refractivity contribution in [3.63, 3.8) is 0 Å². The molecule has 10 heteroatoms. The van der Waals surface area contributed by atoms with Crippen LogP contribution >= 0.6 is 0 Å². The predicted molar refractivity (Wildman–Crippen MR) is 134 cm³/mol. The van der Waals surface area contributed by atoms with Crippen molar-refractivity contribution in [1.82, 2.24) is 0 Å². The quantitative estimate of drug-likeness (QED) is 0.117. The van der Waals surface area contributed by atoms with Gasteiger partial charge in [-0.25, -0.2) is 19.2 Å². The normalized spacial score (nSPS) is 9.67. The van der Waals surface area contributed by atoms with Gasteiger partial charge < -0.3 is 28.4 Å². The van der Waals surface area contributed by atoms with Gasteiger partial charge in [-0.1, -0.05) is 26.3 Å². The number of hydrogen-bond acceptors (Lipinski definition) is 10. The third-order valence-electron chi connectivity index (χ3n) is 3.69. The largest absolute Gasteiger partial charge is 0.462 e. The standard InChI is InChI=1S/C14H22O6.C12H18O4/c1-11(2)13(15)19-9-7-17-5-6-18-8-10-20-14(16)12(3)4;1-9(2)11(13)15-7-5-6-8-16-12(14)10(3)4/h1,3,5-10H2,2,4H3;1,3,5-8H2,2,4H3. The summed E-state index contributed by atoms with van der Waals surface area (Å²) in [4.78, 5) is 43.9. The van der Waals surface area contributed by atoms with Crippen LogP contribution in [-0.4, -0.2) is 76.7 Å². The van der Waals surface area contributed by atoms with Gasteiger partial charge in [0, 0.05) is 22.3 Å². The lowest BCUT2D eigenvalue weighted by Gasteiger charge is -2.07. The molecule has 0 spiro atoms. The van der Waals surface area contributed by atoms with Gasteiger partial charge in [-0.15, -0.1) is 0 Å². The van der Waals surface area contributed by atoms with Gasteiger partial charge in [0.15, 0.2) is 0 Å². The maximum Gasteiger partial charge on any atom is 0.333 e. The third-order valence-corrected chi connectivity index (χ3v) is 3.69. The molecule has 204 valence electrons. The van der Waals surface area contributed by atoms with E-state index in [0.29, 0.717) is 74.8 Å². The number of esters is 4. The van der Waals surface area contributed by atoms with Crippen molar-refractivity contribution < 1.29 is 47.6 Å². The Kier molecular flexibility index (Phi) is 21.6. The highest BCUT2D eigenvalue weighted by Crippen LogP contribution is 1.98. The fourth-order valence-electron chi connectivity index (χ4n) is 1.74. The maximum absolute atomic E-state index is 11.0. The molecular formula is C26H40O10.